The molecule has 1 aromatic heterocycles. The molecule has 234 valence electrons. The SMILES string of the molecule is Nc1ccccc1NC(=O)CCCC(=O)NCc1ccc(C2OC(CSc3ncccn3)CC(c3ccc(CO)cc3)O2)cc1. The molecule has 10 nitrogen and oxygen atoms in total. The Labute approximate surface area is 266 Å². The lowest BCUT2D eigenvalue weighted by molar-refractivity contribution is -0.245. The van der Waals surface area contributed by atoms with Crippen molar-refractivity contribution in [2.45, 2.75) is 62.5 Å². The van der Waals surface area contributed by atoms with Gasteiger partial charge in [-0.05, 0) is 41.3 Å². The van der Waals surface area contributed by atoms with Gasteiger partial charge in [0.2, 0.25) is 11.8 Å². The summed E-state index contributed by atoms with van der Waals surface area (Å²) < 4.78 is 12.8. The number of nitrogens with zero attached hydrogens (tertiary/aromatic N) is 2. The van der Waals surface area contributed by atoms with Crippen LogP contribution in [0, 0.1) is 0 Å². The summed E-state index contributed by atoms with van der Waals surface area (Å²) in [5.74, 6) is 0.367. The number of carbonyl (C=O) groups excluding carboxylic acids is 2. The molecule has 2 heterocycles. The second kappa shape index (κ2) is 16.1. The van der Waals surface area contributed by atoms with Crippen LogP contribution in [0.5, 0.6) is 0 Å². The van der Waals surface area contributed by atoms with Gasteiger partial charge in [0, 0.05) is 49.5 Å². The van der Waals surface area contributed by atoms with Gasteiger partial charge in [-0.1, -0.05) is 72.4 Å². The van der Waals surface area contributed by atoms with Gasteiger partial charge >= 0.3 is 0 Å². The molecule has 3 aromatic carbocycles. The Morgan fingerprint density at radius 1 is 0.867 bits per heavy atom. The monoisotopic (exact) mass is 627 g/mol. The summed E-state index contributed by atoms with van der Waals surface area (Å²) in [5.41, 5.74) is 10.6. The van der Waals surface area contributed by atoms with Crippen molar-refractivity contribution in [2.24, 2.45) is 0 Å². The van der Waals surface area contributed by atoms with E-state index in [9.17, 15) is 14.7 Å². The summed E-state index contributed by atoms with van der Waals surface area (Å²) >= 11 is 1.54. The first-order chi connectivity index (χ1) is 22.0. The second-order valence-corrected chi connectivity index (χ2v) is 11.7. The van der Waals surface area contributed by atoms with Crippen LogP contribution in [0.15, 0.2) is 96.4 Å². The molecule has 4 aromatic rings. The number of nitrogens with one attached hydrogen (secondary N) is 2. The zero-order valence-electron chi connectivity index (χ0n) is 24.8. The molecule has 11 heteroatoms. The second-order valence-electron chi connectivity index (χ2n) is 10.7. The molecule has 3 unspecified atom stereocenters. The average Bonchev–Trinajstić information content (AvgIpc) is 3.08. The van der Waals surface area contributed by atoms with Crippen molar-refractivity contribution in [3.05, 3.63) is 114 Å². The van der Waals surface area contributed by atoms with Gasteiger partial charge < -0.3 is 30.9 Å². The number of hydrogen-bond acceptors (Lipinski definition) is 9. The zero-order chi connectivity index (χ0) is 31.4. The number of rotatable bonds is 13. The van der Waals surface area contributed by atoms with Crippen molar-refractivity contribution in [2.75, 3.05) is 16.8 Å². The summed E-state index contributed by atoms with van der Waals surface area (Å²) in [6, 6.07) is 24.4. The molecule has 3 atom stereocenters. The predicted molar refractivity (Wildman–Crippen MR) is 173 cm³/mol. The van der Waals surface area contributed by atoms with E-state index in [1.807, 2.05) is 48.5 Å². The molecule has 1 aliphatic heterocycles. The number of benzene rings is 3. The summed E-state index contributed by atoms with van der Waals surface area (Å²) in [7, 11) is 0. The number of aromatic nitrogens is 2. The van der Waals surface area contributed by atoms with Gasteiger partial charge in [-0.3, -0.25) is 9.59 Å². The first-order valence-corrected chi connectivity index (χ1v) is 15.9. The number of amides is 2. The van der Waals surface area contributed by atoms with Crippen LogP contribution in [-0.4, -0.2) is 38.7 Å². The van der Waals surface area contributed by atoms with E-state index in [-0.39, 0.29) is 43.5 Å². The third-order valence-electron chi connectivity index (χ3n) is 7.34. The van der Waals surface area contributed by atoms with Gasteiger partial charge in [-0.25, -0.2) is 9.97 Å². The minimum absolute atomic E-state index is 0.0114. The molecule has 0 bridgehead atoms. The number of nitrogen functional groups attached to an aromatic ring is 1. The summed E-state index contributed by atoms with van der Waals surface area (Å²) in [6.45, 7) is 0.358. The fraction of sp³-hybridized carbons (Fsp3) is 0.294. The van der Waals surface area contributed by atoms with Gasteiger partial charge in [-0.15, -0.1) is 0 Å². The number of ether oxygens (including phenoxy) is 2. The third kappa shape index (κ3) is 9.60. The number of nitrogens with two attached hydrogens (primary N) is 1. The van der Waals surface area contributed by atoms with E-state index in [0.717, 1.165) is 22.3 Å². The number of para-hydroxylation sites is 2. The van der Waals surface area contributed by atoms with Crippen molar-refractivity contribution in [1.29, 1.82) is 0 Å². The molecule has 0 spiro atoms. The van der Waals surface area contributed by atoms with Crippen LogP contribution < -0.4 is 16.4 Å². The molecule has 0 aliphatic carbocycles. The van der Waals surface area contributed by atoms with E-state index in [2.05, 4.69) is 20.6 Å². The topological polar surface area (TPSA) is 149 Å². The minimum Gasteiger partial charge on any atom is -0.397 e. The standard InChI is InChI=1S/C34H37N5O5S/c35-28-5-1-2-6-29(28)39-32(42)8-3-7-31(41)38-20-23-9-15-26(16-10-23)33-43-27(22-45-34-36-17-4-18-37-34)19-30(44-33)25-13-11-24(21-40)12-14-25/h1-2,4-6,9-18,27,30,33,40H,3,7-8,19-22,35H2,(H,38,41)(H,39,42). The maximum atomic E-state index is 12.4. The van der Waals surface area contributed by atoms with Gasteiger partial charge in [-0.2, -0.15) is 0 Å². The fourth-order valence-electron chi connectivity index (χ4n) is 4.86. The number of anilines is 2. The van der Waals surface area contributed by atoms with Crippen molar-refractivity contribution >= 4 is 35.0 Å². The van der Waals surface area contributed by atoms with Crippen LogP contribution in [-0.2, 0) is 32.2 Å². The number of aliphatic hydroxyl groups is 1. The van der Waals surface area contributed by atoms with Gasteiger partial charge in [0.15, 0.2) is 11.4 Å². The molecule has 0 saturated carbocycles. The molecule has 1 saturated heterocycles. The van der Waals surface area contributed by atoms with Crippen LogP contribution in [0.4, 0.5) is 11.4 Å². The smallest absolute Gasteiger partial charge is 0.224 e. The van der Waals surface area contributed by atoms with Crippen molar-refractivity contribution in [1.82, 2.24) is 15.3 Å². The first-order valence-electron chi connectivity index (χ1n) is 14.9. The number of aliphatic hydroxyl groups excluding tert-OH is 1. The van der Waals surface area contributed by atoms with Crippen LogP contribution in [0.25, 0.3) is 0 Å². The molecule has 0 radical (unpaired) electrons. The molecule has 1 fully saturated rings. The number of hydrogen-bond donors (Lipinski definition) is 4. The van der Waals surface area contributed by atoms with Crippen LogP contribution in [0.1, 0.15) is 60.3 Å². The Morgan fingerprint density at radius 2 is 1.56 bits per heavy atom. The number of thioether (sulfide) groups is 1. The van der Waals surface area contributed by atoms with Gasteiger partial charge in [0.25, 0.3) is 0 Å². The summed E-state index contributed by atoms with van der Waals surface area (Å²) in [4.78, 5) is 33.2. The highest BCUT2D eigenvalue weighted by Gasteiger charge is 2.32. The lowest BCUT2D eigenvalue weighted by atomic mass is 10.0. The highest BCUT2D eigenvalue weighted by atomic mass is 32.2. The largest absolute Gasteiger partial charge is 0.397 e. The molecule has 2 amide bonds. The Bertz CT molecular complexity index is 1540. The number of carbonyl (C=O) groups is 2. The van der Waals surface area contributed by atoms with E-state index in [1.165, 1.54) is 0 Å². The van der Waals surface area contributed by atoms with E-state index >= 15 is 0 Å². The lowest BCUT2D eigenvalue weighted by Gasteiger charge is -2.36. The zero-order valence-corrected chi connectivity index (χ0v) is 25.6. The normalized spacial score (nSPS) is 17.8. The Balaban J connectivity index is 1.13. The highest BCUT2D eigenvalue weighted by Crippen LogP contribution is 2.39. The molecule has 5 rings (SSSR count). The van der Waals surface area contributed by atoms with E-state index in [1.54, 1.807) is 54.5 Å². The van der Waals surface area contributed by atoms with Crippen molar-refractivity contribution in [3.8, 4) is 0 Å². The van der Waals surface area contributed by atoms with Gasteiger partial charge in [0.1, 0.15) is 0 Å². The Kier molecular flexibility index (Phi) is 11.5. The minimum atomic E-state index is -0.579. The average molecular weight is 628 g/mol. The third-order valence-corrected chi connectivity index (χ3v) is 8.35. The quantitative estimate of drug-likeness (QED) is 0.0879. The predicted octanol–water partition coefficient (Wildman–Crippen LogP) is 5.31. The van der Waals surface area contributed by atoms with Crippen molar-refractivity contribution in [3.63, 3.8) is 0 Å². The Hall–Kier alpha value is -4.29. The summed E-state index contributed by atoms with van der Waals surface area (Å²) in [5, 5.41) is 15.8. The fourth-order valence-corrected chi connectivity index (χ4v) is 5.69. The van der Waals surface area contributed by atoms with Crippen molar-refractivity contribution < 1.29 is 24.2 Å². The van der Waals surface area contributed by atoms with Crippen LogP contribution >= 0.6 is 11.8 Å². The molecular formula is C34H37N5O5S. The van der Waals surface area contributed by atoms with Crippen LogP contribution in [0.2, 0.25) is 0 Å². The molecule has 1 aliphatic rings. The lowest BCUT2D eigenvalue weighted by Crippen LogP contribution is -2.31. The van der Waals surface area contributed by atoms with Crippen LogP contribution in [0.3, 0.4) is 0 Å². The molecule has 5 N–H and O–H groups in total. The first kappa shape index (κ1) is 32.1. The summed E-state index contributed by atoms with van der Waals surface area (Å²) in [6.07, 6.45) is 4.14. The molecular weight excluding hydrogens is 590 g/mol. The molecule has 45 heavy (non-hydrogen) atoms. The van der Waals surface area contributed by atoms with Gasteiger partial charge in [0.05, 0.1) is 30.2 Å². The maximum Gasteiger partial charge on any atom is 0.224 e. The van der Waals surface area contributed by atoms with E-state index in [4.69, 9.17) is 15.2 Å². The van der Waals surface area contributed by atoms with E-state index < -0.39 is 6.29 Å². The maximum absolute atomic E-state index is 12.4. The van der Waals surface area contributed by atoms with E-state index in [0.29, 0.717) is 41.7 Å². The highest BCUT2D eigenvalue weighted by molar-refractivity contribution is 7.99. The Morgan fingerprint density at radius 3 is 2.29 bits per heavy atom.